The number of nitrogens with zero attached hydrogens (tertiary/aromatic N) is 4. The molecule has 4 aromatic rings. The summed E-state index contributed by atoms with van der Waals surface area (Å²) in [6, 6.07) is 19.1. The van der Waals surface area contributed by atoms with Crippen molar-refractivity contribution in [3.8, 4) is 5.88 Å². The Morgan fingerprint density at radius 3 is 2.19 bits per heavy atom. The average Bonchev–Trinajstić information content (AvgIpc) is 3.58. The second-order valence-electron chi connectivity index (χ2n) is 13.1. The van der Waals surface area contributed by atoms with E-state index in [2.05, 4.69) is 10.00 Å². The highest BCUT2D eigenvalue weighted by Gasteiger charge is 2.42. The number of thioether (sulfide) groups is 1. The molecule has 0 spiro atoms. The van der Waals surface area contributed by atoms with Gasteiger partial charge in [0.15, 0.2) is 0 Å². The van der Waals surface area contributed by atoms with Gasteiger partial charge in [0.2, 0.25) is 11.7 Å². The number of rotatable bonds is 8. The van der Waals surface area contributed by atoms with Crippen LogP contribution in [-0.2, 0) is 16.8 Å². The van der Waals surface area contributed by atoms with Crippen molar-refractivity contribution in [2.75, 3.05) is 18.0 Å². The maximum absolute atomic E-state index is 13.5. The molecule has 0 saturated heterocycles. The van der Waals surface area contributed by atoms with Crippen LogP contribution < -0.4 is 4.90 Å². The van der Waals surface area contributed by atoms with E-state index >= 15 is 0 Å². The Bertz CT molecular complexity index is 2000. The molecule has 10 heteroatoms. The number of unbranched alkanes of at least 4 members (excludes halogenated alkanes) is 1. The number of ketones is 1. The van der Waals surface area contributed by atoms with Crippen LogP contribution in [0.15, 0.2) is 83.0 Å². The number of aromatic hydroxyl groups is 1. The first kappa shape index (κ1) is 30.8. The van der Waals surface area contributed by atoms with Gasteiger partial charge < -0.3 is 15.1 Å². The second-order valence-corrected chi connectivity index (χ2v) is 14.2. The molecule has 1 unspecified atom stereocenters. The number of hydrogen-bond acceptors (Lipinski definition) is 8. The van der Waals surface area contributed by atoms with Crippen molar-refractivity contribution in [1.82, 2.24) is 14.7 Å². The minimum Gasteiger partial charge on any atom is -0.506 e. The van der Waals surface area contributed by atoms with Crippen LogP contribution in [0.5, 0.6) is 5.88 Å². The number of amides is 2. The molecular formula is C37H36N4O5S. The molecule has 3 aliphatic rings. The van der Waals surface area contributed by atoms with Gasteiger partial charge in [-0.15, -0.1) is 0 Å². The number of carbonyl (C=O) groups is 3. The highest BCUT2D eigenvalue weighted by atomic mass is 32.2. The average molecular weight is 649 g/mol. The normalized spacial score (nSPS) is 18.5. The van der Waals surface area contributed by atoms with E-state index < -0.39 is 5.54 Å². The molecule has 47 heavy (non-hydrogen) atoms. The molecule has 3 aromatic carbocycles. The summed E-state index contributed by atoms with van der Waals surface area (Å²) in [7, 11) is 0. The number of allylic oxidation sites excluding steroid dienone is 2. The van der Waals surface area contributed by atoms with Gasteiger partial charge in [0.05, 0.1) is 39.0 Å². The predicted molar refractivity (Wildman–Crippen MR) is 183 cm³/mol. The third-order valence-corrected chi connectivity index (χ3v) is 10.3. The SMILES string of the molecule is CCc1nn(C(C)(C)C)c(O)c1C1=C(O)/C(=C/C2Sc3ccccc3N2CCCCN2C(=O)c3cccc4cccc(c34)C2=O)C1=O. The van der Waals surface area contributed by atoms with Crippen LogP contribution in [0.2, 0.25) is 0 Å². The van der Waals surface area contributed by atoms with E-state index in [9.17, 15) is 24.6 Å². The maximum Gasteiger partial charge on any atom is 0.261 e. The van der Waals surface area contributed by atoms with Crippen molar-refractivity contribution in [1.29, 1.82) is 0 Å². The van der Waals surface area contributed by atoms with Gasteiger partial charge in [0.25, 0.3) is 11.8 Å². The number of aryl methyl sites for hydroxylation is 1. The summed E-state index contributed by atoms with van der Waals surface area (Å²) < 4.78 is 1.49. The third-order valence-electron chi connectivity index (χ3n) is 9.04. The summed E-state index contributed by atoms with van der Waals surface area (Å²) in [5.41, 5.74) is 2.79. The fourth-order valence-corrected chi connectivity index (χ4v) is 7.98. The third kappa shape index (κ3) is 4.93. The van der Waals surface area contributed by atoms with Crippen molar-refractivity contribution in [2.24, 2.45) is 0 Å². The number of Topliss-reactive ketones (excluding diaryl/α,β-unsaturated/α-hetero) is 1. The summed E-state index contributed by atoms with van der Waals surface area (Å²) in [5, 5.41) is 28.1. The summed E-state index contributed by atoms with van der Waals surface area (Å²) in [6.07, 6.45) is 3.58. The number of aromatic nitrogens is 2. The molecule has 0 radical (unpaired) electrons. The molecular weight excluding hydrogens is 612 g/mol. The van der Waals surface area contributed by atoms with Crippen LogP contribution in [0, 0.1) is 0 Å². The molecule has 7 rings (SSSR count). The van der Waals surface area contributed by atoms with E-state index in [-0.39, 0.29) is 45.8 Å². The van der Waals surface area contributed by atoms with Gasteiger partial charge in [-0.2, -0.15) is 5.10 Å². The summed E-state index contributed by atoms with van der Waals surface area (Å²) in [6.45, 7) is 8.55. The number of imide groups is 1. The van der Waals surface area contributed by atoms with Crippen molar-refractivity contribution in [3.05, 3.63) is 100 Å². The fraction of sp³-hybridized carbons (Fsp3) is 0.297. The van der Waals surface area contributed by atoms with Crippen LogP contribution in [0.3, 0.4) is 0 Å². The van der Waals surface area contributed by atoms with Gasteiger partial charge in [-0.25, -0.2) is 4.68 Å². The number of benzene rings is 3. The number of carbonyl (C=O) groups excluding carboxylic acids is 3. The fourth-order valence-electron chi connectivity index (χ4n) is 6.71. The molecule has 9 nitrogen and oxygen atoms in total. The lowest BCUT2D eigenvalue weighted by Crippen LogP contribution is -2.41. The number of fused-ring (bicyclic) bond motifs is 1. The number of aliphatic hydroxyl groups excluding tert-OH is 1. The standard InChI is InChI=1S/C37H36N4O5S/c1-5-25-30(36(46)41(38-25)37(2,3)4)31-32(42)24(33(31)43)20-28-39(26-16-6-7-17-27(26)47-28)18-8-9-19-40-34(44)22-14-10-12-21-13-11-15-23(29(21)22)35(40)45/h6-7,10-17,20,28,42,46H,5,8-9,18-19H2,1-4H3/b24-20-. The minimum absolute atomic E-state index is 0.0984. The van der Waals surface area contributed by atoms with Crippen molar-refractivity contribution in [2.45, 2.75) is 62.8 Å². The van der Waals surface area contributed by atoms with Crippen LogP contribution in [0.1, 0.15) is 72.5 Å². The lowest BCUT2D eigenvalue weighted by Gasteiger charge is -2.29. The second kappa shape index (κ2) is 11.5. The number of anilines is 1. The molecule has 1 aliphatic carbocycles. The Hall–Kier alpha value is -4.83. The Labute approximate surface area is 277 Å². The molecule has 3 heterocycles. The molecule has 1 aromatic heterocycles. The Morgan fingerprint density at radius 1 is 0.894 bits per heavy atom. The smallest absolute Gasteiger partial charge is 0.261 e. The minimum atomic E-state index is -0.506. The maximum atomic E-state index is 13.5. The van der Waals surface area contributed by atoms with E-state index in [1.807, 2.05) is 76.2 Å². The first-order valence-electron chi connectivity index (χ1n) is 15.9. The van der Waals surface area contributed by atoms with Gasteiger partial charge in [-0.05, 0) is 75.8 Å². The molecule has 2 N–H and O–H groups in total. The van der Waals surface area contributed by atoms with Crippen molar-refractivity contribution < 1.29 is 24.6 Å². The molecule has 0 fully saturated rings. The van der Waals surface area contributed by atoms with Gasteiger partial charge >= 0.3 is 0 Å². The number of para-hydroxylation sites is 1. The monoisotopic (exact) mass is 648 g/mol. The highest BCUT2D eigenvalue weighted by Crippen LogP contribution is 2.47. The molecule has 0 saturated carbocycles. The zero-order valence-corrected chi connectivity index (χ0v) is 27.6. The van der Waals surface area contributed by atoms with Gasteiger partial charge in [-0.3, -0.25) is 19.3 Å². The first-order chi connectivity index (χ1) is 22.5. The number of aliphatic hydroxyl groups is 1. The number of hydrogen-bond donors (Lipinski definition) is 2. The molecule has 1 atom stereocenters. The van der Waals surface area contributed by atoms with Crippen molar-refractivity contribution >= 4 is 51.4 Å². The quantitative estimate of drug-likeness (QED) is 0.121. The van der Waals surface area contributed by atoms with Crippen LogP contribution >= 0.6 is 11.8 Å². The highest BCUT2D eigenvalue weighted by molar-refractivity contribution is 8.00. The Balaban J connectivity index is 1.10. The van der Waals surface area contributed by atoms with Crippen molar-refractivity contribution in [3.63, 3.8) is 0 Å². The molecule has 240 valence electrons. The Kier molecular flexibility index (Phi) is 7.50. The topological polar surface area (TPSA) is 116 Å². The molecule has 0 bridgehead atoms. The van der Waals surface area contributed by atoms with E-state index in [1.165, 1.54) is 9.58 Å². The molecule has 2 amide bonds. The van der Waals surface area contributed by atoms with Crippen LogP contribution in [0.25, 0.3) is 16.3 Å². The lowest BCUT2D eigenvalue weighted by molar-refractivity contribution is -0.111. The van der Waals surface area contributed by atoms with Crippen LogP contribution in [0.4, 0.5) is 5.69 Å². The van der Waals surface area contributed by atoms with Crippen LogP contribution in [-0.4, -0.2) is 61.0 Å². The lowest BCUT2D eigenvalue weighted by atomic mass is 9.82. The predicted octanol–water partition coefficient (Wildman–Crippen LogP) is 6.85. The summed E-state index contributed by atoms with van der Waals surface area (Å²) >= 11 is 1.60. The van der Waals surface area contributed by atoms with Gasteiger partial charge in [0.1, 0.15) is 5.76 Å². The van der Waals surface area contributed by atoms with E-state index in [0.717, 1.165) is 21.4 Å². The van der Waals surface area contributed by atoms with Gasteiger partial charge in [0, 0.05) is 34.5 Å². The summed E-state index contributed by atoms with van der Waals surface area (Å²) in [5.74, 6) is -1.12. The zero-order valence-electron chi connectivity index (χ0n) is 26.8. The van der Waals surface area contributed by atoms with E-state index in [0.29, 0.717) is 54.7 Å². The van der Waals surface area contributed by atoms with E-state index in [4.69, 9.17) is 0 Å². The van der Waals surface area contributed by atoms with E-state index in [1.54, 1.807) is 30.0 Å². The molecule has 2 aliphatic heterocycles. The first-order valence-corrected chi connectivity index (χ1v) is 16.8. The zero-order chi connectivity index (χ0) is 33.2. The Morgan fingerprint density at radius 2 is 1.55 bits per heavy atom. The summed E-state index contributed by atoms with van der Waals surface area (Å²) in [4.78, 5) is 44.8. The largest absolute Gasteiger partial charge is 0.506 e. The van der Waals surface area contributed by atoms with Gasteiger partial charge in [-0.1, -0.05) is 55.1 Å².